The molecule has 3 aromatic rings. The predicted octanol–water partition coefficient (Wildman–Crippen LogP) is 3.52. The van der Waals surface area contributed by atoms with Crippen LogP contribution in [0.4, 0.5) is 0 Å². The zero-order chi connectivity index (χ0) is 21.8. The van der Waals surface area contributed by atoms with E-state index in [2.05, 4.69) is 28.6 Å². The molecular formula is C23H24ClN5O2. The molecule has 2 aromatic carbocycles. The van der Waals surface area contributed by atoms with E-state index in [0.29, 0.717) is 42.2 Å². The second-order valence-corrected chi connectivity index (χ2v) is 8.06. The largest absolute Gasteiger partial charge is 0.349 e. The highest BCUT2D eigenvalue weighted by molar-refractivity contribution is 6.30. The fraction of sp³-hybridized carbons (Fsp3) is 0.304. The molecule has 31 heavy (non-hydrogen) atoms. The van der Waals surface area contributed by atoms with Gasteiger partial charge in [-0.1, -0.05) is 41.9 Å². The number of carbonyl (C=O) groups is 2. The molecule has 0 aliphatic carbocycles. The van der Waals surface area contributed by atoms with Crippen molar-refractivity contribution in [2.45, 2.75) is 32.2 Å². The van der Waals surface area contributed by atoms with Crippen molar-refractivity contribution >= 4 is 23.4 Å². The molecule has 0 spiro atoms. The van der Waals surface area contributed by atoms with E-state index in [-0.39, 0.29) is 17.9 Å². The molecule has 8 heteroatoms. The Morgan fingerprint density at radius 1 is 1.13 bits per heavy atom. The second-order valence-electron chi connectivity index (χ2n) is 7.62. The maximum absolute atomic E-state index is 12.9. The summed E-state index contributed by atoms with van der Waals surface area (Å²) in [5.74, 6) is -0.290. The maximum atomic E-state index is 12.9. The third-order valence-electron chi connectivity index (χ3n) is 5.50. The van der Waals surface area contributed by atoms with Crippen molar-refractivity contribution in [1.29, 1.82) is 0 Å². The molecule has 2 heterocycles. The van der Waals surface area contributed by atoms with Gasteiger partial charge in [0, 0.05) is 29.7 Å². The Morgan fingerprint density at radius 3 is 2.65 bits per heavy atom. The minimum absolute atomic E-state index is 0.0167. The summed E-state index contributed by atoms with van der Waals surface area (Å²) in [6.07, 6.45) is 3.97. The minimum atomic E-state index is -0.149. The van der Waals surface area contributed by atoms with E-state index in [4.69, 9.17) is 11.6 Å². The first-order chi connectivity index (χ1) is 15.0. The minimum Gasteiger partial charge on any atom is -0.349 e. The zero-order valence-corrected chi connectivity index (χ0v) is 18.0. The first-order valence-corrected chi connectivity index (χ1v) is 10.8. The van der Waals surface area contributed by atoms with E-state index in [1.54, 1.807) is 40.0 Å². The standard InChI is InChI=1S/C23H24ClN5O2/c1-2-16-5-3-8-20(13-16)29-15-21(26-27-29)23(31)28-11-9-19(10-12-28)25-22(30)17-6-4-7-18(24)14-17/h3-8,13-15,19H,2,9-12H2,1H3,(H,25,30). The number of rotatable bonds is 5. The molecule has 4 rings (SSSR count). The van der Waals surface area contributed by atoms with Gasteiger partial charge in [0.05, 0.1) is 11.9 Å². The van der Waals surface area contributed by atoms with E-state index < -0.39 is 0 Å². The van der Waals surface area contributed by atoms with Crippen LogP contribution in [0.25, 0.3) is 5.69 Å². The fourth-order valence-electron chi connectivity index (χ4n) is 3.69. The van der Waals surface area contributed by atoms with Crippen molar-refractivity contribution in [2.75, 3.05) is 13.1 Å². The number of halogens is 1. The number of aromatic nitrogens is 3. The van der Waals surface area contributed by atoms with Crippen molar-refractivity contribution in [3.8, 4) is 5.69 Å². The summed E-state index contributed by atoms with van der Waals surface area (Å²) in [7, 11) is 0. The van der Waals surface area contributed by atoms with Crippen LogP contribution >= 0.6 is 11.6 Å². The molecule has 1 fully saturated rings. The number of aryl methyl sites for hydroxylation is 1. The van der Waals surface area contributed by atoms with Crippen LogP contribution in [0.3, 0.4) is 0 Å². The highest BCUT2D eigenvalue weighted by atomic mass is 35.5. The van der Waals surface area contributed by atoms with Crippen molar-refractivity contribution in [2.24, 2.45) is 0 Å². The third kappa shape index (κ3) is 4.94. The Kier molecular flexibility index (Phi) is 6.32. The zero-order valence-electron chi connectivity index (χ0n) is 17.3. The van der Waals surface area contributed by atoms with Gasteiger partial charge in [-0.25, -0.2) is 4.68 Å². The molecule has 0 atom stereocenters. The first-order valence-electron chi connectivity index (χ1n) is 10.4. The van der Waals surface area contributed by atoms with Gasteiger partial charge in [-0.3, -0.25) is 9.59 Å². The molecule has 160 valence electrons. The molecule has 0 saturated carbocycles. The number of likely N-dealkylation sites (tertiary alicyclic amines) is 1. The summed E-state index contributed by atoms with van der Waals surface area (Å²) in [6.45, 7) is 3.20. The van der Waals surface area contributed by atoms with Crippen molar-refractivity contribution in [1.82, 2.24) is 25.2 Å². The molecule has 1 aliphatic rings. The van der Waals surface area contributed by atoms with Crippen molar-refractivity contribution < 1.29 is 9.59 Å². The van der Waals surface area contributed by atoms with Gasteiger partial charge >= 0.3 is 0 Å². The number of nitrogens with one attached hydrogen (secondary N) is 1. The van der Waals surface area contributed by atoms with Crippen LogP contribution < -0.4 is 5.32 Å². The van der Waals surface area contributed by atoms with Crippen LogP contribution in [0.1, 0.15) is 46.2 Å². The molecule has 0 radical (unpaired) electrons. The Labute approximate surface area is 186 Å². The topological polar surface area (TPSA) is 80.1 Å². The van der Waals surface area contributed by atoms with Gasteiger partial charge in [0.15, 0.2) is 5.69 Å². The van der Waals surface area contributed by atoms with E-state index in [9.17, 15) is 9.59 Å². The average Bonchev–Trinajstić information content (AvgIpc) is 3.29. The fourth-order valence-corrected chi connectivity index (χ4v) is 3.88. The molecule has 2 amide bonds. The molecule has 1 N–H and O–H groups in total. The number of hydrogen-bond donors (Lipinski definition) is 1. The van der Waals surface area contributed by atoms with E-state index in [1.165, 1.54) is 5.56 Å². The highest BCUT2D eigenvalue weighted by Crippen LogP contribution is 2.16. The van der Waals surface area contributed by atoms with Gasteiger partial charge in [-0.05, 0) is 55.2 Å². The van der Waals surface area contributed by atoms with Crippen molar-refractivity contribution in [3.05, 3.63) is 76.6 Å². The van der Waals surface area contributed by atoms with Crippen LogP contribution in [0.2, 0.25) is 5.02 Å². The lowest BCUT2D eigenvalue weighted by Gasteiger charge is -2.31. The lowest BCUT2D eigenvalue weighted by molar-refractivity contribution is 0.0692. The molecule has 7 nitrogen and oxygen atoms in total. The number of piperidine rings is 1. The smallest absolute Gasteiger partial charge is 0.276 e. The first kappa shape index (κ1) is 21.1. The van der Waals surface area contributed by atoms with Gasteiger partial charge < -0.3 is 10.2 Å². The van der Waals surface area contributed by atoms with Gasteiger partial charge in [-0.15, -0.1) is 5.10 Å². The number of amides is 2. The molecular weight excluding hydrogens is 414 g/mol. The quantitative estimate of drug-likeness (QED) is 0.662. The average molecular weight is 438 g/mol. The summed E-state index contributed by atoms with van der Waals surface area (Å²) >= 11 is 5.96. The van der Waals surface area contributed by atoms with E-state index in [1.807, 2.05) is 18.2 Å². The van der Waals surface area contributed by atoms with Crippen LogP contribution in [0.5, 0.6) is 0 Å². The number of nitrogens with zero attached hydrogens (tertiary/aromatic N) is 4. The summed E-state index contributed by atoms with van der Waals surface area (Å²) in [5, 5.41) is 11.8. The number of benzene rings is 2. The second kappa shape index (κ2) is 9.31. The van der Waals surface area contributed by atoms with Gasteiger partial charge in [-0.2, -0.15) is 0 Å². The third-order valence-corrected chi connectivity index (χ3v) is 5.74. The van der Waals surface area contributed by atoms with Crippen LogP contribution in [0.15, 0.2) is 54.7 Å². The van der Waals surface area contributed by atoms with Crippen LogP contribution in [0, 0.1) is 0 Å². The maximum Gasteiger partial charge on any atom is 0.276 e. The molecule has 1 saturated heterocycles. The number of hydrogen-bond acceptors (Lipinski definition) is 4. The van der Waals surface area contributed by atoms with Gasteiger partial charge in [0.2, 0.25) is 0 Å². The van der Waals surface area contributed by atoms with Gasteiger partial charge in [0.25, 0.3) is 11.8 Å². The normalized spacial score (nSPS) is 14.5. The monoisotopic (exact) mass is 437 g/mol. The lowest BCUT2D eigenvalue weighted by Crippen LogP contribution is -2.46. The summed E-state index contributed by atoms with van der Waals surface area (Å²) in [5.41, 5.74) is 2.94. The lowest BCUT2D eigenvalue weighted by atomic mass is 10.0. The summed E-state index contributed by atoms with van der Waals surface area (Å²) in [4.78, 5) is 27.0. The summed E-state index contributed by atoms with van der Waals surface area (Å²) < 4.78 is 1.63. The molecule has 0 bridgehead atoms. The Balaban J connectivity index is 1.34. The highest BCUT2D eigenvalue weighted by Gasteiger charge is 2.26. The Morgan fingerprint density at radius 2 is 1.90 bits per heavy atom. The number of carbonyl (C=O) groups excluding carboxylic acids is 2. The molecule has 0 unspecified atom stereocenters. The molecule has 1 aromatic heterocycles. The Bertz CT molecular complexity index is 1090. The molecule has 1 aliphatic heterocycles. The van der Waals surface area contributed by atoms with Crippen LogP contribution in [-0.2, 0) is 6.42 Å². The van der Waals surface area contributed by atoms with Crippen molar-refractivity contribution in [3.63, 3.8) is 0 Å². The van der Waals surface area contributed by atoms with Gasteiger partial charge in [0.1, 0.15) is 0 Å². The predicted molar refractivity (Wildman–Crippen MR) is 119 cm³/mol. The SMILES string of the molecule is CCc1cccc(-n2cc(C(=O)N3CCC(NC(=O)c4cccc(Cl)c4)CC3)nn2)c1. The van der Waals surface area contributed by atoms with E-state index in [0.717, 1.165) is 12.1 Å². The summed E-state index contributed by atoms with van der Waals surface area (Å²) in [6, 6.07) is 14.9. The van der Waals surface area contributed by atoms with E-state index >= 15 is 0 Å². The van der Waals surface area contributed by atoms with Crippen LogP contribution in [-0.4, -0.2) is 50.8 Å². The Hall–Kier alpha value is -3.19.